The van der Waals surface area contributed by atoms with Crippen molar-refractivity contribution in [2.75, 3.05) is 13.2 Å². The van der Waals surface area contributed by atoms with Gasteiger partial charge in [0.05, 0.1) is 6.61 Å². The summed E-state index contributed by atoms with van der Waals surface area (Å²) in [5, 5.41) is -1.23. The molecule has 20 heavy (non-hydrogen) atoms. The Morgan fingerprint density at radius 1 is 1.40 bits per heavy atom. The highest BCUT2D eigenvalue weighted by atomic mass is 32.3. The summed E-state index contributed by atoms with van der Waals surface area (Å²) in [7, 11) is -4.65. The van der Waals surface area contributed by atoms with Crippen LogP contribution in [0.2, 0.25) is 0 Å². The van der Waals surface area contributed by atoms with Gasteiger partial charge in [-0.1, -0.05) is 12.1 Å². The van der Waals surface area contributed by atoms with Gasteiger partial charge in [-0.05, 0) is 17.2 Å². The molecule has 0 spiro atoms. The lowest BCUT2D eigenvalue weighted by atomic mass is 10.1. The number of ether oxygens (including phenoxy) is 1. The van der Waals surface area contributed by atoms with Crippen LogP contribution < -0.4 is 4.74 Å². The van der Waals surface area contributed by atoms with Gasteiger partial charge in [0, 0.05) is 25.9 Å². The number of fused-ring (bicyclic) bond motifs is 1. The highest BCUT2D eigenvalue weighted by Gasteiger charge is 2.38. The average molecular weight is 299 g/mol. The Morgan fingerprint density at radius 2 is 2.20 bits per heavy atom. The summed E-state index contributed by atoms with van der Waals surface area (Å²) in [5.74, 6) is 0.527. The summed E-state index contributed by atoms with van der Waals surface area (Å²) >= 11 is 0. The third-order valence-corrected chi connectivity index (χ3v) is 4.82. The molecular weight excluding hydrogens is 285 g/mol. The van der Waals surface area contributed by atoms with Gasteiger partial charge in [-0.3, -0.25) is 4.79 Å². The van der Waals surface area contributed by atoms with Crippen LogP contribution in [0.1, 0.15) is 17.5 Å². The molecule has 3 rings (SSSR count). The second kappa shape index (κ2) is 4.73. The molecule has 5 nitrogen and oxygen atoms in total. The molecule has 0 bridgehead atoms. The van der Waals surface area contributed by atoms with E-state index < -0.39 is 15.5 Å². The number of rotatable bonds is 3. The first-order valence-electron chi connectivity index (χ1n) is 6.39. The van der Waals surface area contributed by atoms with Crippen molar-refractivity contribution in [1.29, 1.82) is 0 Å². The molecule has 1 unspecified atom stereocenters. The minimum absolute atomic E-state index is 0.0781. The van der Waals surface area contributed by atoms with Crippen molar-refractivity contribution >= 4 is 16.1 Å². The molecule has 2 heterocycles. The maximum Gasteiger partial charge on any atom is 0.307 e. The molecule has 0 N–H and O–H groups in total. The van der Waals surface area contributed by atoms with Gasteiger partial charge in [0.25, 0.3) is 0 Å². The number of hydrogen-bond acceptors (Lipinski definition) is 4. The molecule has 2 aliphatic heterocycles. The monoisotopic (exact) mass is 299 g/mol. The predicted molar refractivity (Wildman–Crippen MR) is 69.5 cm³/mol. The van der Waals surface area contributed by atoms with Gasteiger partial charge in [-0.15, -0.1) is 3.89 Å². The van der Waals surface area contributed by atoms with E-state index in [-0.39, 0.29) is 18.9 Å². The van der Waals surface area contributed by atoms with E-state index in [1.807, 2.05) is 18.2 Å². The van der Waals surface area contributed by atoms with E-state index >= 15 is 0 Å². The zero-order chi connectivity index (χ0) is 14.3. The summed E-state index contributed by atoms with van der Waals surface area (Å²) < 4.78 is 40.1. The SMILES string of the molecule is O=C1CC(S(=O)(=O)F)CN1Cc1ccc2c(c1)CCO2. The minimum atomic E-state index is -4.65. The van der Waals surface area contributed by atoms with Crippen LogP contribution in [0.15, 0.2) is 18.2 Å². The van der Waals surface area contributed by atoms with Gasteiger partial charge in [-0.2, -0.15) is 8.42 Å². The first-order chi connectivity index (χ1) is 9.43. The maximum absolute atomic E-state index is 12.9. The van der Waals surface area contributed by atoms with Crippen molar-refractivity contribution in [1.82, 2.24) is 4.90 Å². The fourth-order valence-corrected chi connectivity index (χ4v) is 3.34. The lowest BCUT2D eigenvalue weighted by Crippen LogP contribution is -2.26. The lowest BCUT2D eigenvalue weighted by Gasteiger charge is -2.16. The van der Waals surface area contributed by atoms with Gasteiger partial charge in [0.2, 0.25) is 5.91 Å². The van der Waals surface area contributed by atoms with Gasteiger partial charge in [0.1, 0.15) is 11.0 Å². The van der Waals surface area contributed by atoms with Crippen LogP contribution in [-0.2, 0) is 28.0 Å². The molecule has 108 valence electrons. The van der Waals surface area contributed by atoms with Crippen molar-refractivity contribution in [2.45, 2.75) is 24.6 Å². The number of amides is 1. The first kappa shape index (κ1) is 13.4. The molecule has 0 aliphatic carbocycles. The Bertz CT molecular complexity index is 658. The number of hydrogen-bond donors (Lipinski definition) is 0. The Morgan fingerprint density at radius 3 is 2.90 bits per heavy atom. The standard InChI is InChI=1S/C13H14FNO4S/c14-20(17,18)11-6-13(16)15(8-11)7-9-1-2-12-10(5-9)3-4-19-12/h1-2,5,11H,3-4,6-8H2. The Kier molecular flexibility index (Phi) is 3.16. The first-order valence-corrected chi connectivity index (χ1v) is 7.84. The van der Waals surface area contributed by atoms with Crippen LogP contribution in [0.5, 0.6) is 5.75 Å². The third kappa shape index (κ3) is 2.49. The number of nitrogens with zero attached hydrogens (tertiary/aromatic N) is 1. The van der Waals surface area contributed by atoms with E-state index in [0.717, 1.165) is 23.3 Å². The molecule has 1 amide bonds. The van der Waals surface area contributed by atoms with Gasteiger partial charge >= 0.3 is 10.2 Å². The van der Waals surface area contributed by atoms with Crippen molar-refractivity contribution in [2.24, 2.45) is 0 Å². The second-order valence-electron chi connectivity index (χ2n) is 5.12. The number of carbonyl (C=O) groups excluding carboxylic acids is 1. The summed E-state index contributed by atoms with van der Waals surface area (Å²) in [5.41, 5.74) is 1.99. The highest BCUT2D eigenvalue weighted by Crippen LogP contribution is 2.27. The minimum Gasteiger partial charge on any atom is -0.493 e. The van der Waals surface area contributed by atoms with Crippen LogP contribution in [0.25, 0.3) is 0 Å². The Hall–Kier alpha value is -1.63. The van der Waals surface area contributed by atoms with E-state index in [1.165, 1.54) is 4.90 Å². The van der Waals surface area contributed by atoms with Crippen molar-refractivity contribution in [3.8, 4) is 5.75 Å². The topological polar surface area (TPSA) is 63.7 Å². The zero-order valence-corrected chi connectivity index (χ0v) is 11.5. The molecule has 1 aromatic carbocycles. The lowest BCUT2D eigenvalue weighted by molar-refractivity contribution is -0.128. The zero-order valence-electron chi connectivity index (χ0n) is 10.7. The molecule has 1 fully saturated rings. The average Bonchev–Trinajstić information content (AvgIpc) is 2.95. The molecule has 1 aromatic rings. The molecular formula is C13H14FNO4S. The molecule has 0 aromatic heterocycles. The summed E-state index contributed by atoms with van der Waals surface area (Å²) in [6.45, 7) is 0.882. The predicted octanol–water partition coefficient (Wildman–Crippen LogP) is 1.02. The van der Waals surface area contributed by atoms with E-state index in [4.69, 9.17) is 4.74 Å². The van der Waals surface area contributed by atoms with E-state index in [9.17, 15) is 17.1 Å². The normalized spacial score (nSPS) is 21.9. The molecule has 1 atom stereocenters. The van der Waals surface area contributed by atoms with Crippen LogP contribution >= 0.6 is 0 Å². The van der Waals surface area contributed by atoms with E-state index in [0.29, 0.717) is 13.2 Å². The van der Waals surface area contributed by atoms with Gasteiger partial charge < -0.3 is 9.64 Å². The van der Waals surface area contributed by atoms with Crippen LogP contribution in [0.4, 0.5) is 3.89 Å². The van der Waals surface area contributed by atoms with Crippen LogP contribution in [-0.4, -0.2) is 37.6 Å². The molecule has 1 saturated heterocycles. The summed E-state index contributed by atoms with van der Waals surface area (Å²) in [4.78, 5) is 13.1. The Labute approximate surface area is 116 Å². The number of halogens is 1. The summed E-state index contributed by atoms with van der Waals surface area (Å²) in [6, 6.07) is 5.64. The quantitative estimate of drug-likeness (QED) is 0.782. The van der Waals surface area contributed by atoms with Crippen LogP contribution in [0, 0.1) is 0 Å². The fraction of sp³-hybridized carbons (Fsp3) is 0.462. The van der Waals surface area contributed by atoms with E-state index in [2.05, 4.69) is 0 Å². The van der Waals surface area contributed by atoms with E-state index in [1.54, 1.807) is 0 Å². The number of carbonyl (C=O) groups is 1. The molecule has 0 saturated carbocycles. The maximum atomic E-state index is 12.9. The number of likely N-dealkylation sites (tertiary alicyclic amines) is 1. The van der Waals surface area contributed by atoms with Crippen molar-refractivity contribution in [3.63, 3.8) is 0 Å². The molecule has 7 heteroatoms. The second-order valence-corrected chi connectivity index (χ2v) is 6.73. The van der Waals surface area contributed by atoms with Gasteiger partial charge in [-0.25, -0.2) is 0 Å². The van der Waals surface area contributed by atoms with Gasteiger partial charge in [0.15, 0.2) is 0 Å². The largest absolute Gasteiger partial charge is 0.493 e. The fourth-order valence-electron chi connectivity index (χ4n) is 2.64. The summed E-state index contributed by atoms with van der Waals surface area (Å²) in [6.07, 6.45) is 0.561. The smallest absolute Gasteiger partial charge is 0.307 e. The molecule has 0 radical (unpaired) electrons. The third-order valence-electron chi connectivity index (χ3n) is 3.70. The van der Waals surface area contributed by atoms with Crippen LogP contribution in [0.3, 0.4) is 0 Å². The van der Waals surface area contributed by atoms with Crippen molar-refractivity contribution in [3.05, 3.63) is 29.3 Å². The number of benzene rings is 1. The molecule has 2 aliphatic rings. The highest BCUT2D eigenvalue weighted by molar-refractivity contribution is 7.87. The Balaban J connectivity index is 1.74. The van der Waals surface area contributed by atoms with Crippen molar-refractivity contribution < 1.29 is 21.8 Å².